The lowest BCUT2D eigenvalue weighted by Crippen LogP contribution is -2.28. The minimum Gasteiger partial charge on any atom is -0.490 e. The predicted octanol–water partition coefficient (Wildman–Crippen LogP) is 7.70. The van der Waals surface area contributed by atoms with E-state index < -0.39 is 0 Å². The number of hydrogen-bond acceptors (Lipinski definition) is 6. The zero-order valence-electron chi connectivity index (χ0n) is 23.0. The molecule has 1 heterocycles. The van der Waals surface area contributed by atoms with E-state index in [9.17, 15) is 9.59 Å². The molecule has 4 aromatic rings. The van der Waals surface area contributed by atoms with Crippen molar-refractivity contribution in [3.8, 4) is 5.75 Å². The van der Waals surface area contributed by atoms with E-state index in [4.69, 9.17) is 4.74 Å². The number of carbonyl (C=O) groups is 2. The number of fused-ring (bicyclic) bond motifs is 1. The summed E-state index contributed by atoms with van der Waals surface area (Å²) in [6, 6.07) is 19.2. The van der Waals surface area contributed by atoms with Crippen LogP contribution in [0.25, 0.3) is 10.2 Å². The Labute approximate surface area is 238 Å². The van der Waals surface area contributed by atoms with Crippen LogP contribution < -0.4 is 15.4 Å². The zero-order chi connectivity index (χ0) is 27.9. The molecule has 0 fully saturated rings. The maximum Gasteiger partial charge on any atom is 0.255 e. The second kappa shape index (κ2) is 13.1. The summed E-state index contributed by atoms with van der Waals surface area (Å²) >= 11 is 2.93. The van der Waals surface area contributed by atoms with Crippen molar-refractivity contribution in [3.63, 3.8) is 0 Å². The number of rotatable bonds is 11. The second-order valence-electron chi connectivity index (χ2n) is 9.68. The molecule has 6 nitrogen and oxygen atoms in total. The van der Waals surface area contributed by atoms with E-state index in [1.54, 1.807) is 0 Å². The second-order valence-corrected chi connectivity index (χ2v) is 11.9. The molecule has 0 bridgehead atoms. The number of carbonyl (C=O) groups excluding carboxylic acids is 2. The van der Waals surface area contributed by atoms with Crippen molar-refractivity contribution in [1.29, 1.82) is 0 Å². The molecule has 0 aliphatic heterocycles. The number of nitrogens with one attached hydrogen (secondary N) is 2. The van der Waals surface area contributed by atoms with Gasteiger partial charge >= 0.3 is 0 Å². The number of nitrogens with zero attached hydrogens (tertiary/aromatic N) is 1. The summed E-state index contributed by atoms with van der Waals surface area (Å²) in [4.78, 5) is 30.2. The molecule has 0 spiro atoms. The Kier molecular flexibility index (Phi) is 9.64. The van der Waals surface area contributed by atoms with Crippen LogP contribution in [0.15, 0.2) is 65.0 Å². The van der Waals surface area contributed by atoms with Crippen LogP contribution in [0.2, 0.25) is 0 Å². The first kappa shape index (κ1) is 28.6. The summed E-state index contributed by atoms with van der Waals surface area (Å²) in [5.74, 6) is 0.914. The number of amides is 2. The Morgan fingerprint density at radius 3 is 2.54 bits per heavy atom. The van der Waals surface area contributed by atoms with Gasteiger partial charge in [-0.2, -0.15) is 0 Å². The van der Waals surface area contributed by atoms with Gasteiger partial charge in [-0.25, -0.2) is 4.98 Å². The maximum atomic E-state index is 13.1. The highest BCUT2D eigenvalue weighted by Gasteiger charge is 2.16. The van der Waals surface area contributed by atoms with Gasteiger partial charge in [0.25, 0.3) is 5.91 Å². The molecule has 8 heteroatoms. The smallest absolute Gasteiger partial charge is 0.255 e. The van der Waals surface area contributed by atoms with Crippen LogP contribution in [0.1, 0.15) is 66.7 Å². The van der Waals surface area contributed by atoms with Gasteiger partial charge in [-0.15, -0.1) is 11.3 Å². The number of thioether (sulfide) groups is 1. The number of anilines is 1. The third-order valence-corrected chi connectivity index (χ3v) is 8.80. The Morgan fingerprint density at radius 1 is 1.03 bits per heavy atom. The fraction of sp³-hybridized carbons (Fsp3) is 0.323. The van der Waals surface area contributed by atoms with Crippen molar-refractivity contribution in [1.82, 2.24) is 10.3 Å². The summed E-state index contributed by atoms with van der Waals surface area (Å²) in [5.41, 5.74) is 5.13. The number of benzene rings is 3. The molecule has 2 amide bonds. The number of aromatic nitrogens is 1. The summed E-state index contributed by atoms with van der Waals surface area (Å²) in [7, 11) is 0. The van der Waals surface area contributed by atoms with Gasteiger partial charge < -0.3 is 15.4 Å². The normalized spacial score (nSPS) is 12.6. The average molecular weight is 562 g/mol. The molecule has 0 aliphatic rings. The van der Waals surface area contributed by atoms with Crippen LogP contribution in [0.5, 0.6) is 5.75 Å². The standard InChI is InChI=1S/C31H35N3O3S2/c1-6-10-19(2)37-27-16-14-25(20(3)21(27)4)30(36)33-24-13-15-26-28(17-24)39-31(34-26)38-18-29(35)32-22(5)23-11-8-7-9-12-23/h7-9,11-17,19,22H,6,10,18H2,1-5H3,(H,32,35)(H,33,36)/t19?,22-/m0/s1. The lowest BCUT2D eigenvalue weighted by Gasteiger charge is -2.18. The Hall–Kier alpha value is -3.36. The fourth-order valence-corrected chi connectivity index (χ4v) is 6.25. The molecule has 0 radical (unpaired) electrons. The molecule has 2 atom stereocenters. The van der Waals surface area contributed by atoms with Gasteiger partial charge in [0.05, 0.1) is 28.1 Å². The average Bonchev–Trinajstić information content (AvgIpc) is 3.33. The molecule has 3 aromatic carbocycles. The van der Waals surface area contributed by atoms with Gasteiger partial charge in [-0.05, 0) is 81.1 Å². The largest absolute Gasteiger partial charge is 0.490 e. The fourth-order valence-electron chi connectivity index (χ4n) is 4.33. The Balaban J connectivity index is 1.37. The highest BCUT2D eigenvalue weighted by Crippen LogP contribution is 2.32. The van der Waals surface area contributed by atoms with E-state index in [0.29, 0.717) is 11.3 Å². The summed E-state index contributed by atoms with van der Waals surface area (Å²) in [6.45, 7) is 10.1. The minimum absolute atomic E-state index is 0.0366. The first-order valence-electron chi connectivity index (χ1n) is 13.2. The summed E-state index contributed by atoms with van der Waals surface area (Å²) in [5, 5.41) is 6.06. The van der Waals surface area contributed by atoms with Gasteiger partial charge in [0.15, 0.2) is 4.34 Å². The molecular formula is C31H35N3O3S2. The van der Waals surface area contributed by atoms with Gasteiger partial charge in [0.1, 0.15) is 5.75 Å². The molecule has 204 valence electrons. The number of hydrogen-bond donors (Lipinski definition) is 2. The van der Waals surface area contributed by atoms with Crippen molar-refractivity contribution < 1.29 is 14.3 Å². The topological polar surface area (TPSA) is 80.3 Å². The van der Waals surface area contributed by atoms with Crippen LogP contribution in [-0.4, -0.2) is 28.7 Å². The maximum absolute atomic E-state index is 13.1. The Morgan fingerprint density at radius 2 is 1.79 bits per heavy atom. The van der Waals surface area contributed by atoms with Crippen LogP contribution in [0.3, 0.4) is 0 Å². The van der Waals surface area contributed by atoms with E-state index in [0.717, 1.165) is 49.8 Å². The van der Waals surface area contributed by atoms with Crippen LogP contribution in [-0.2, 0) is 4.79 Å². The van der Waals surface area contributed by atoms with Crippen molar-refractivity contribution in [3.05, 3.63) is 82.9 Å². The van der Waals surface area contributed by atoms with E-state index in [2.05, 4.69) is 29.5 Å². The first-order chi connectivity index (χ1) is 18.7. The van der Waals surface area contributed by atoms with Gasteiger partial charge in [-0.1, -0.05) is 55.4 Å². The molecule has 2 N–H and O–H groups in total. The molecular weight excluding hydrogens is 526 g/mol. The lowest BCUT2D eigenvalue weighted by molar-refractivity contribution is -0.119. The number of thiazole rings is 1. The Bertz CT molecular complexity index is 1450. The predicted molar refractivity (Wildman–Crippen MR) is 162 cm³/mol. The van der Waals surface area contributed by atoms with E-state index >= 15 is 0 Å². The van der Waals surface area contributed by atoms with Crippen molar-refractivity contribution in [2.24, 2.45) is 0 Å². The molecule has 39 heavy (non-hydrogen) atoms. The van der Waals surface area contributed by atoms with Crippen LogP contribution in [0, 0.1) is 13.8 Å². The van der Waals surface area contributed by atoms with Gasteiger partial charge in [0, 0.05) is 11.3 Å². The highest BCUT2D eigenvalue weighted by molar-refractivity contribution is 8.01. The van der Waals surface area contributed by atoms with E-state index in [1.807, 2.05) is 81.4 Å². The van der Waals surface area contributed by atoms with Crippen LogP contribution >= 0.6 is 23.1 Å². The highest BCUT2D eigenvalue weighted by atomic mass is 32.2. The third kappa shape index (κ3) is 7.40. The van der Waals surface area contributed by atoms with Gasteiger partial charge in [0.2, 0.25) is 5.91 Å². The van der Waals surface area contributed by atoms with Gasteiger partial charge in [-0.3, -0.25) is 9.59 Å². The molecule has 0 saturated carbocycles. The lowest BCUT2D eigenvalue weighted by atomic mass is 10.0. The quantitative estimate of drug-likeness (QED) is 0.183. The van der Waals surface area contributed by atoms with Crippen molar-refractivity contribution in [2.75, 3.05) is 11.1 Å². The molecule has 0 aliphatic carbocycles. The molecule has 0 saturated heterocycles. The molecule has 1 unspecified atom stereocenters. The minimum atomic E-state index is -0.161. The third-order valence-electron chi connectivity index (χ3n) is 6.64. The van der Waals surface area contributed by atoms with Crippen molar-refractivity contribution >= 4 is 50.8 Å². The summed E-state index contributed by atoms with van der Waals surface area (Å²) < 4.78 is 7.85. The summed E-state index contributed by atoms with van der Waals surface area (Å²) in [6.07, 6.45) is 2.18. The SMILES string of the molecule is CCCC(C)Oc1ccc(C(=O)Nc2ccc3nc(SCC(=O)N[C@@H](C)c4ccccc4)sc3c2)c(C)c1C. The molecule has 4 rings (SSSR count). The monoisotopic (exact) mass is 561 g/mol. The van der Waals surface area contributed by atoms with E-state index in [-0.39, 0.29) is 29.7 Å². The van der Waals surface area contributed by atoms with Crippen LogP contribution in [0.4, 0.5) is 5.69 Å². The number of ether oxygens (including phenoxy) is 1. The molecule has 1 aromatic heterocycles. The van der Waals surface area contributed by atoms with Crippen molar-refractivity contribution in [2.45, 2.75) is 63.9 Å². The van der Waals surface area contributed by atoms with E-state index in [1.165, 1.54) is 23.1 Å². The zero-order valence-corrected chi connectivity index (χ0v) is 24.7. The first-order valence-corrected chi connectivity index (χ1v) is 15.0.